The van der Waals surface area contributed by atoms with E-state index in [-0.39, 0.29) is 17.7 Å². The number of alkyl carbamates (subject to hydrolysis) is 1. The number of aliphatic imine (C=N–C) groups is 1. The summed E-state index contributed by atoms with van der Waals surface area (Å²) >= 11 is 1.33. The van der Waals surface area contributed by atoms with E-state index >= 15 is 0 Å². The van der Waals surface area contributed by atoms with E-state index in [1.54, 1.807) is 20.8 Å². The number of thioether (sulfide) groups is 1. The van der Waals surface area contributed by atoms with Gasteiger partial charge < -0.3 is 4.74 Å². The standard InChI is InChI=1S/C20H24F2N4O2S/c1-5-6-29-18(26-19(27)28-20(2,3)4)25-11-13-7-15(17(22)8-16(13)21)14-9-23-12-24-10-14/h7-10,12H,5-6,11H2,1-4H3,(H,25,26,27). The first-order valence-corrected chi connectivity index (χ1v) is 10.1. The number of ether oxygens (including phenoxy) is 1. The fraction of sp³-hybridized carbons (Fsp3) is 0.400. The van der Waals surface area contributed by atoms with Crippen LogP contribution in [-0.2, 0) is 11.3 Å². The minimum Gasteiger partial charge on any atom is -0.444 e. The molecule has 1 N–H and O–H groups in total. The van der Waals surface area contributed by atoms with E-state index in [0.29, 0.717) is 16.5 Å². The molecule has 6 nitrogen and oxygen atoms in total. The maximum atomic E-state index is 14.3. The van der Waals surface area contributed by atoms with Gasteiger partial charge in [0.05, 0.1) is 6.54 Å². The molecule has 0 aliphatic heterocycles. The molecule has 2 aromatic rings. The van der Waals surface area contributed by atoms with Gasteiger partial charge in [-0.25, -0.2) is 23.5 Å². The van der Waals surface area contributed by atoms with Gasteiger partial charge in [0.15, 0.2) is 5.17 Å². The van der Waals surface area contributed by atoms with Crippen molar-refractivity contribution >= 4 is 23.0 Å². The van der Waals surface area contributed by atoms with Crippen molar-refractivity contribution in [2.75, 3.05) is 5.75 Å². The van der Waals surface area contributed by atoms with Crippen molar-refractivity contribution in [3.05, 3.63) is 48.1 Å². The zero-order valence-electron chi connectivity index (χ0n) is 16.8. The molecule has 0 saturated heterocycles. The lowest BCUT2D eigenvalue weighted by atomic mass is 10.0. The number of carbonyl (C=O) groups is 1. The Bertz CT molecular complexity index is 871. The number of amides is 1. The Morgan fingerprint density at radius 3 is 2.52 bits per heavy atom. The maximum Gasteiger partial charge on any atom is 0.413 e. The van der Waals surface area contributed by atoms with Crippen LogP contribution in [0.2, 0.25) is 0 Å². The van der Waals surface area contributed by atoms with Crippen LogP contribution in [0.3, 0.4) is 0 Å². The van der Waals surface area contributed by atoms with Gasteiger partial charge in [-0.3, -0.25) is 10.3 Å². The normalized spacial score (nSPS) is 12.0. The molecule has 0 atom stereocenters. The van der Waals surface area contributed by atoms with E-state index in [2.05, 4.69) is 20.3 Å². The Hall–Kier alpha value is -2.55. The van der Waals surface area contributed by atoms with Gasteiger partial charge in [-0.05, 0) is 33.3 Å². The van der Waals surface area contributed by atoms with Crippen molar-refractivity contribution in [3.8, 4) is 11.1 Å². The van der Waals surface area contributed by atoms with Crippen LogP contribution in [0.1, 0.15) is 39.7 Å². The molecule has 0 saturated carbocycles. The zero-order valence-corrected chi connectivity index (χ0v) is 17.6. The molecule has 0 radical (unpaired) electrons. The Balaban J connectivity index is 2.24. The number of nitrogens with one attached hydrogen (secondary N) is 1. The summed E-state index contributed by atoms with van der Waals surface area (Å²) in [6.07, 6.45) is 4.45. The Kier molecular flexibility index (Phi) is 8.07. The predicted molar refractivity (Wildman–Crippen MR) is 111 cm³/mol. The van der Waals surface area contributed by atoms with E-state index < -0.39 is 23.3 Å². The van der Waals surface area contributed by atoms with Crippen LogP contribution in [0.15, 0.2) is 35.8 Å². The number of nitrogens with zero attached hydrogens (tertiary/aromatic N) is 3. The largest absolute Gasteiger partial charge is 0.444 e. The molecule has 1 heterocycles. The first-order chi connectivity index (χ1) is 13.7. The fourth-order valence-electron chi connectivity index (χ4n) is 2.24. The molecule has 1 aromatic heterocycles. The molecular formula is C20H24F2N4O2S. The molecule has 2 rings (SSSR count). The SMILES string of the molecule is CCCSC(=NCc1cc(-c2cncnc2)c(F)cc1F)NC(=O)OC(C)(C)C. The van der Waals surface area contributed by atoms with Gasteiger partial charge in [-0.1, -0.05) is 18.7 Å². The van der Waals surface area contributed by atoms with E-state index in [0.717, 1.165) is 12.5 Å². The minimum absolute atomic E-state index is 0.0748. The smallest absolute Gasteiger partial charge is 0.413 e. The summed E-state index contributed by atoms with van der Waals surface area (Å²) in [4.78, 5) is 24.1. The molecule has 0 spiro atoms. The third-order valence-corrected chi connectivity index (χ3v) is 4.57. The van der Waals surface area contributed by atoms with Crippen LogP contribution in [-0.4, -0.2) is 32.6 Å². The second-order valence-corrected chi connectivity index (χ2v) is 8.23. The fourth-order valence-corrected chi connectivity index (χ4v) is 2.95. The average molecular weight is 423 g/mol. The molecule has 0 bridgehead atoms. The first-order valence-electron chi connectivity index (χ1n) is 9.10. The van der Waals surface area contributed by atoms with Crippen molar-refractivity contribution in [1.29, 1.82) is 0 Å². The van der Waals surface area contributed by atoms with Gasteiger partial charge in [0.1, 0.15) is 23.6 Å². The highest BCUT2D eigenvalue weighted by molar-refractivity contribution is 8.13. The maximum absolute atomic E-state index is 14.3. The molecule has 156 valence electrons. The molecule has 1 aromatic carbocycles. The van der Waals surface area contributed by atoms with Gasteiger partial charge in [-0.15, -0.1) is 0 Å². The van der Waals surface area contributed by atoms with Crippen molar-refractivity contribution in [1.82, 2.24) is 15.3 Å². The molecule has 0 aliphatic rings. The molecule has 0 unspecified atom stereocenters. The Labute approximate surface area is 173 Å². The molecule has 0 fully saturated rings. The molecule has 1 amide bonds. The highest BCUT2D eigenvalue weighted by Gasteiger charge is 2.18. The number of rotatable bonds is 5. The average Bonchev–Trinajstić information content (AvgIpc) is 2.64. The predicted octanol–water partition coefficient (Wildman–Crippen LogP) is 4.95. The minimum atomic E-state index is -0.719. The monoisotopic (exact) mass is 422 g/mol. The van der Waals surface area contributed by atoms with Crippen LogP contribution < -0.4 is 5.32 Å². The van der Waals surface area contributed by atoms with Gasteiger partial charge in [0.25, 0.3) is 0 Å². The van der Waals surface area contributed by atoms with Crippen molar-refractivity contribution in [3.63, 3.8) is 0 Å². The Morgan fingerprint density at radius 1 is 1.21 bits per heavy atom. The summed E-state index contributed by atoms with van der Waals surface area (Å²) < 4.78 is 33.7. The topological polar surface area (TPSA) is 76.5 Å². The van der Waals surface area contributed by atoms with Gasteiger partial charge >= 0.3 is 6.09 Å². The number of aromatic nitrogens is 2. The summed E-state index contributed by atoms with van der Waals surface area (Å²) in [7, 11) is 0. The van der Waals surface area contributed by atoms with Crippen LogP contribution >= 0.6 is 11.8 Å². The third-order valence-electron chi connectivity index (χ3n) is 3.45. The van der Waals surface area contributed by atoms with Crippen LogP contribution in [0, 0.1) is 11.6 Å². The summed E-state index contributed by atoms with van der Waals surface area (Å²) in [6, 6.07) is 2.19. The second-order valence-electron chi connectivity index (χ2n) is 7.15. The zero-order chi connectivity index (χ0) is 21.4. The lowest BCUT2D eigenvalue weighted by Gasteiger charge is -2.20. The summed E-state index contributed by atoms with van der Waals surface area (Å²) in [5.74, 6) is -0.714. The summed E-state index contributed by atoms with van der Waals surface area (Å²) in [5, 5.41) is 2.91. The Morgan fingerprint density at radius 2 is 1.90 bits per heavy atom. The number of amidine groups is 1. The molecule has 9 heteroatoms. The van der Waals surface area contributed by atoms with Crippen LogP contribution in [0.25, 0.3) is 11.1 Å². The van der Waals surface area contributed by atoms with Crippen molar-refractivity contribution in [2.24, 2.45) is 4.99 Å². The lowest BCUT2D eigenvalue weighted by Crippen LogP contribution is -2.35. The van der Waals surface area contributed by atoms with Crippen molar-refractivity contribution < 1.29 is 18.3 Å². The van der Waals surface area contributed by atoms with Gasteiger partial charge in [0.2, 0.25) is 0 Å². The highest BCUT2D eigenvalue weighted by Crippen LogP contribution is 2.25. The van der Waals surface area contributed by atoms with Crippen molar-refractivity contribution in [2.45, 2.75) is 46.3 Å². The summed E-state index contributed by atoms with van der Waals surface area (Å²) in [6.45, 7) is 7.18. The number of carbonyl (C=O) groups excluding carboxylic acids is 1. The van der Waals surface area contributed by atoms with E-state index in [9.17, 15) is 13.6 Å². The van der Waals surface area contributed by atoms with Gasteiger partial charge in [0, 0.05) is 40.9 Å². The summed E-state index contributed by atoms with van der Waals surface area (Å²) in [5.41, 5.74) is 0.147. The van der Waals surface area contributed by atoms with Crippen LogP contribution in [0.5, 0.6) is 0 Å². The first kappa shape index (κ1) is 22.7. The molecule has 0 aliphatic carbocycles. The number of benzene rings is 1. The van der Waals surface area contributed by atoms with E-state index in [1.807, 2.05) is 6.92 Å². The van der Waals surface area contributed by atoms with Crippen LogP contribution in [0.4, 0.5) is 13.6 Å². The quantitative estimate of drug-likeness (QED) is 0.545. The number of halogens is 2. The number of hydrogen-bond donors (Lipinski definition) is 1. The number of hydrogen-bond acceptors (Lipinski definition) is 6. The molecular weight excluding hydrogens is 398 g/mol. The highest BCUT2D eigenvalue weighted by atomic mass is 32.2. The molecule has 29 heavy (non-hydrogen) atoms. The van der Waals surface area contributed by atoms with E-state index in [4.69, 9.17) is 4.74 Å². The van der Waals surface area contributed by atoms with E-state index in [1.165, 1.54) is 36.5 Å². The third kappa shape index (κ3) is 7.41. The second kappa shape index (κ2) is 10.3. The van der Waals surface area contributed by atoms with Gasteiger partial charge in [-0.2, -0.15) is 0 Å². The lowest BCUT2D eigenvalue weighted by molar-refractivity contribution is 0.0564.